The predicted molar refractivity (Wildman–Crippen MR) is 127 cm³/mol. The maximum Gasteiger partial charge on any atom is 0.349 e. The van der Waals surface area contributed by atoms with Crippen LogP contribution in [0.5, 0.6) is 5.75 Å². The molecule has 7 nitrogen and oxygen atoms in total. The third kappa shape index (κ3) is 4.68. The second kappa shape index (κ2) is 9.99. The minimum Gasteiger partial charge on any atom is -0.491 e. The molecule has 0 spiro atoms. The van der Waals surface area contributed by atoms with E-state index in [1.54, 1.807) is 41.8 Å². The highest BCUT2D eigenvalue weighted by atomic mass is 32.1. The third-order valence-electron chi connectivity index (χ3n) is 5.01. The first kappa shape index (κ1) is 22.7. The Morgan fingerprint density at radius 1 is 1.06 bits per heavy atom. The summed E-state index contributed by atoms with van der Waals surface area (Å²) in [4.78, 5) is 26.7. The first-order valence-electron chi connectivity index (χ1n) is 10.5. The average Bonchev–Trinajstić information content (AvgIpc) is 3.23. The molecule has 0 amide bonds. The van der Waals surface area contributed by atoms with Crippen LogP contribution in [0.2, 0.25) is 0 Å². The molecule has 2 heterocycles. The fourth-order valence-electron chi connectivity index (χ4n) is 3.49. The Morgan fingerprint density at radius 2 is 1.79 bits per heavy atom. The first-order valence-corrected chi connectivity index (χ1v) is 11.3. The second-order valence-corrected chi connectivity index (χ2v) is 8.26. The summed E-state index contributed by atoms with van der Waals surface area (Å²) in [6.07, 6.45) is -0.968. The lowest BCUT2D eigenvalue weighted by atomic mass is 10.0. The molecule has 1 unspecified atom stereocenters. The molecule has 1 atom stereocenters. The maximum atomic E-state index is 12.9. The van der Waals surface area contributed by atoms with Crippen molar-refractivity contribution in [3.8, 4) is 22.6 Å². The quantitative estimate of drug-likeness (QED) is 0.386. The molecule has 0 saturated heterocycles. The van der Waals surface area contributed by atoms with E-state index >= 15 is 0 Å². The van der Waals surface area contributed by atoms with Gasteiger partial charge in [0, 0.05) is 17.0 Å². The number of aliphatic hydroxyl groups is 2. The van der Waals surface area contributed by atoms with E-state index < -0.39 is 12.1 Å². The van der Waals surface area contributed by atoms with Gasteiger partial charge in [-0.25, -0.2) is 4.79 Å². The van der Waals surface area contributed by atoms with E-state index in [4.69, 9.17) is 14.6 Å². The molecular formula is C25H23NO6S. The van der Waals surface area contributed by atoms with Gasteiger partial charge in [-0.05, 0) is 42.8 Å². The Bertz CT molecular complexity index is 1310. The summed E-state index contributed by atoms with van der Waals surface area (Å²) in [5, 5.41) is 19.1. The van der Waals surface area contributed by atoms with Crippen LogP contribution < -0.4 is 10.3 Å². The number of carbonyl (C=O) groups is 1. The number of thiophene rings is 1. The highest BCUT2D eigenvalue weighted by Crippen LogP contribution is 2.39. The molecular weight excluding hydrogens is 442 g/mol. The van der Waals surface area contributed by atoms with Gasteiger partial charge in [0.05, 0.1) is 18.9 Å². The molecule has 4 rings (SSSR count). The van der Waals surface area contributed by atoms with E-state index in [9.17, 15) is 14.7 Å². The number of ether oxygens (including phenoxy) is 2. The lowest BCUT2D eigenvalue weighted by Crippen LogP contribution is -2.21. The Morgan fingerprint density at radius 3 is 2.45 bits per heavy atom. The summed E-state index contributed by atoms with van der Waals surface area (Å²) in [7, 11) is 0. The van der Waals surface area contributed by atoms with E-state index in [1.807, 2.05) is 30.3 Å². The molecule has 170 valence electrons. The summed E-state index contributed by atoms with van der Waals surface area (Å²) in [5.41, 5.74) is 1.98. The van der Waals surface area contributed by atoms with Gasteiger partial charge in [0.1, 0.15) is 28.2 Å². The van der Waals surface area contributed by atoms with Crippen LogP contribution >= 0.6 is 11.3 Å². The minimum absolute atomic E-state index is 0.0420. The first-order chi connectivity index (χ1) is 16.0. The van der Waals surface area contributed by atoms with Gasteiger partial charge in [-0.1, -0.05) is 30.3 Å². The van der Waals surface area contributed by atoms with Crippen molar-refractivity contribution in [3.63, 3.8) is 0 Å². The standard InChI is InChI=1S/C25H23NO6S/c1-2-31-25(30)23-22(16-6-4-3-5-7-16)20-12-13-21(29)26(24(20)33-23)17-8-10-19(11-9-17)32-15-18(28)14-27/h3-13,18,27-28H,2,14-15H2,1H3. The van der Waals surface area contributed by atoms with Gasteiger partial charge in [-0.3, -0.25) is 9.36 Å². The number of nitrogens with zero attached hydrogens (tertiary/aromatic N) is 1. The van der Waals surface area contributed by atoms with Gasteiger partial charge in [0.25, 0.3) is 5.56 Å². The highest BCUT2D eigenvalue weighted by molar-refractivity contribution is 7.21. The van der Waals surface area contributed by atoms with E-state index in [-0.39, 0.29) is 25.4 Å². The molecule has 2 N–H and O–H groups in total. The molecule has 33 heavy (non-hydrogen) atoms. The average molecular weight is 466 g/mol. The van der Waals surface area contributed by atoms with Crippen LogP contribution in [0.4, 0.5) is 0 Å². The SMILES string of the molecule is CCOC(=O)c1sc2c(ccc(=O)n2-c2ccc(OCC(O)CO)cc2)c1-c1ccccc1. The summed E-state index contributed by atoms with van der Waals surface area (Å²) in [6, 6.07) is 19.6. The Kier molecular flexibility index (Phi) is 6.88. The van der Waals surface area contributed by atoms with E-state index in [1.165, 1.54) is 17.4 Å². The number of hydrogen-bond acceptors (Lipinski definition) is 7. The lowest BCUT2D eigenvalue weighted by Gasteiger charge is -2.11. The zero-order chi connectivity index (χ0) is 23.4. The van der Waals surface area contributed by atoms with Crippen molar-refractivity contribution < 1.29 is 24.5 Å². The zero-order valence-corrected chi connectivity index (χ0v) is 18.7. The minimum atomic E-state index is -0.968. The fraction of sp³-hybridized carbons (Fsp3) is 0.200. The fourth-order valence-corrected chi connectivity index (χ4v) is 4.73. The van der Waals surface area contributed by atoms with Gasteiger partial charge < -0.3 is 19.7 Å². The maximum absolute atomic E-state index is 12.9. The van der Waals surface area contributed by atoms with Gasteiger partial charge in [-0.15, -0.1) is 11.3 Å². The van der Waals surface area contributed by atoms with E-state index in [2.05, 4.69) is 0 Å². The monoisotopic (exact) mass is 465 g/mol. The van der Waals surface area contributed by atoms with Crippen molar-refractivity contribution in [1.29, 1.82) is 0 Å². The van der Waals surface area contributed by atoms with Crippen LogP contribution in [0.15, 0.2) is 71.5 Å². The Balaban J connectivity index is 1.84. The van der Waals surface area contributed by atoms with Gasteiger partial charge in [0.15, 0.2) is 0 Å². The highest BCUT2D eigenvalue weighted by Gasteiger charge is 2.23. The number of aromatic nitrogens is 1. The second-order valence-electron chi connectivity index (χ2n) is 7.26. The van der Waals surface area contributed by atoms with Crippen LogP contribution in [0.25, 0.3) is 27.0 Å². The number of aliphatic hydroxyl groups excluding tert-OH is 2. The molecule has 0 fully saturated rings. The summed E-state index contributed by atoms with van der Waals surface area (Å²) < 4.78 is 12.3. The van der Waals surface area contributed by atoms with Crippen LogP contribution in [0.3, 0.4) is 0 Å². The molecule has 0 radical (unpaired) electrons. The number of fused-ring (bicyclic) bond motifs is 1. The van der Waals surface area contributed by atoms with Crippen LogP contribution in [0.1, 0.15) is 16.6 Å². The topological polar surface area (TPSA) is 98.0 Å². The number of pyridine rings is 1. The van der Waals surface area contributed by atoms with E-state index in [0.717, 1.165) is 16.5 Å². The Hall–Kier alpha value is -3.46. The number of hydrogen-bond donors (Lipinski definition) is 2. The zero-order valence-electron chi connectivity index (χ0n) is 17.9. The number of benzene rings is 2. The number of rotatable bonds is 8. The van der Waals surface area contributed by atoms with Crippen molar-refractivity contribution in [2.75, 3.05) is 19.8 Å². The lowest BCUT2D eigenvalue weighted by molar-refractivity contribution is 0.0533. The smallest absolute Gasteiger partial charge is 0.349 e. The third-order valence-corrected chi connectivity index (χ3v) is 6.18. The largest absolute Gasteiger partial charge is 0.491 e. The molecule has 2 aromatic heterocycles. The van der Waals surface area contributed by atoms with Gasteiger partial charge >= 0.3 is 5.97 Å². The molecule has 2 aromatic carbocycles. The van der Waals surface area contributed by atoms with E-state index in [0.29, 0.717) is 21.1 Å². The molecule has 0 aliphatic carbocycles. The Labute approximate surface area is 194 Å². The summed E-state index contributed by atoms with van der Waals surface area (Å²) in [5.74, 6) is 0.0672. The normalized spacial score (nSPS) is 12.0. The number of carbonyl (C=O) groups excluding carboxylic acids is 1. The van der Waals surface area contributed by atoms with Gasteiger partial charge in [-0.2, -0.15) is 0 Å². The van der Waals surface area contributed by atoms with Crippen molar-refractivity contribution in [3.05, 3.63) is 82.0 Å². The van der Waals surface area contributed by atoms with Crippen molar-refractivity contribution >= 4 is 27.5 Å². The molecule has 8 heteroatoms. The summed E-state index contributed by atoms with van der Waals surface area (Å²) in [6.45, 7) is 1.58. The molecule has 4 aromatic rings. The van der Waals surface area contributed by atoms with Crippen LogP contribution in [-0.4, -0.2) is 46.7 Å². The van der Waals surface area contributed by atoms with Gasteiger partial charge in [0.2, 0.25) is 0 Å². The van der Waals surface area contributed by atoms with Crippen molar-refractivity contribution in [2.24, 2.45) is 0 Å². The van der Waals surface area contributed by atoms with Crippen LogP contribution in [-0.2, 0) is 4.74 Å². The van der Waals surface area contributed by atoms with Crippen molar-refractivity contribution in [2.45, 2.75) is 13.0 Å². The molecule has 0 bridgehead atoms. The molecule has 0 aliphatic rings. The molecule has 0 aliphatic heterocycles. The van der Waals surface area contributed by atoms with Crippen LogP contribution in [0, 0.1) is 0 Å². The number of esters is 1. The summed E-state index contributed by atoms with van der Waals surface area (Å²) >= 11 is 1.22. The molecule has 0 saturated carbocycles. The van der Waals surface area contributed by atoms with Crippen molar-refractivity contribution in [1.82, 2.24) is 4.57 Å². The predicted octanol–water partition coefficient (Wildman–Crippen LogP) is 3.63.